The molecule has 1 N–H and O–H groups in total. The zero-order valence-corrected chi connectivity index (χ0v) is 21.5. The first-order valence-corrected chi connectivity index (χ1v) is 9.84. The second kappa shape index (κ2) is 11.0. The van der Waals surface area contributed by atoms with Crippen LogP contribution in [0.4, 0.5) is 5.69 Å². The average Bonchev–Trinajstić information content (AvgIpc) is 3.25. The molecule has 8 nitrogen and oxygen atoms in total. The molecule has 0 aliphatic heterocycles. The Kier molecular flexibility index (Phi) is 8.28. The van der Waals surface area contributed by atoms with Crippen LogP contribution >= 0.6 is 0 Å². The Hall–Kier alpha value is -2.69. The monoisotopic (exact) mass is 470 g/mol. The van der Waals surface area contributed by atoms with Gasteiger partial charge in [-0.3, -0.25) is 0 Å². The topological polar surface area (TPSA) is 113 Å². The van der Waals surface area contributed by atoms with Gasteiger partial charge >= 0.3 is 63.0 Å². The van der Waals surface area contributed by atoms with E-state index in [1.165, 1.54) is 6.07 Å². The standard InChI is InChI=1S/C24H20N2O6.K/c1-3-31-23(28)16-13-19(26-22(27)14-8-5-4-6-9-14)24(29)32-21(16)18-12-15-17(25-18)10-7-11-20(15)30-2;/h4-13H,3H2,1-2H3,(H2,25,26,27,28,29);/q;+1/p-1. The molecule has 0 unspecified atom stereocenters. The van der Waals surface area contributed by atoms with Gasteiger partial charge in [0.1, 0.15) is 11.3 Å². The quantitative estimate of drug-likeness (QED) is 0.340. The molecule has 4 rings (SSSR count). The van der Waals surface area contributed by atoms with Crippen molar-refractivity contribution in [2.24, 2.45) is 0 Å². The summed E-state index contributed by atoms with van der Waals surface area (Å²) in [6.45, 7) is 1.78. The molecule has 33 heavy (non-hydrogen) atoms. The number of ether oxygens (including phenoxy) is 2. The van der Waals surface area contributed by atoms with Crippen LogP contribution in [-0.2, 0) is 4.74 Å². The number of carbonyl (C=O) groups is 2. The van der Waals surface area contributed by atoms with E-state index < -0.39 is 17.5 Å². The number of hydrogen-bond donors (Lipinski definition) is 1. The molecule has 2 aromatic carbocycles. The molecule has 0 atom stereocenters. The minimum atomic E-state index is -0.858. The number of rotatable bonds is 6. The first kappa shape index (κ1) is 24.9. The average molecular weight is 471 g/mol. The number of methoxy groups -OCH3 is 1. The third kappa shape index (κ3) is 5.28. The molecule has 0 aliphatic carbocycles. The number of carbonyl (C=O) groups excluding carboxylic acids is 2. The smallest absolute Gasteiger partial charge is 0.617 e. The van der Waals surface area contributed by atoms with Gasteiger partial charge in [-0.25, -0.2) is 9.59 Å². The molecular formula is C24H19KN2O6. The van der Waals surface area contributed by atoms with Gasteiger partial charge in [0.2, 0.25) is 0 Å². The summed E-state index contributed by atoms with van der Waals surface area (Å²) < 4.78 is 16.0. The van der Waals surface area contributed by atoms with Crippen LogP contribution < -0.4 is 61.7 Å². The molecule has 0 bridgehead atoms. The fraction of sp³-hybridized carbons (Fsp3) is 0.125. The summed E-state index contributed by atoms with van der Waals surface area (Å²) in [4.78, 5) is 40.8. The summed E-state index contributed by atoms with van der Waals surface area (Å²) >= 11 is 0. The fourth-order valence-corrected chi connectivity index (χ4v) is 3.28. The molecule has 0 saturated heterocycles. The summed E-state index contributed by atoms with van der Waals surface area (Å²) in [6, 6.07) is 16.6. The first-order chi connectivity index (χ1) is 15.5. The van der Waals surface area contributed by atoms with Crippen LogP contribution in [0.1, 0.15) is 27.6 Å². The van der Waals surface area contributed by atoms with Crippen molar-refractivity contribution in [3.05, 3.63) is 87.5 Å². The molecule has 0 aliphatic rings. The number of amides is 1. The van der Waals surface area contributed by atoms with Gasteiger partial charge in [0.05, 0.1) is 25.3 Å². The molecule has 0 fully saturated rings. The van der Waals surface area contributed by atoms with Crippen molar-refractivity contribution in [2.45, 2.75) is 6.92 Å². The maximum atomic E-state index is 12.6. The van der Waals surface area contributed by atoms with Crippen molar-refractivity contribution in [1.82, 2.24) is 4.98 Å². The Bertz CT molecular complexity index is 1360. The third-order valence-electron chi connectivity index (χ3n) is 4.76. The molecule has 2 heterocycles. The van der Waals surface area contributed by atoms with Crippen molar-refractivity contribution >= 4 is 28.5 Å². The van der Waals surface area contributed by atoms with Crippen molar-refractivity contribution in [1.29, 1.82) is 0 Å². The Labute approximate surface area is 231 Å². The van der Waals surface area contributed by atoms with E-state index in [9.17, 15) is 14.4 Å². The number of H-pyrrole nitrogens is 1. The van der Waals surface area contributed by atoms with Crippen molar-refractivity contribution < 1.29 is 74.9 Å². The van der Waals surface area contributed by atoms with Crippen molar-refractivity contribution in [2.75, 3.05) is 13.7 Å². The number of aromatic amines is 1. The predicted octanol–water partition coefficient (Wildman–Crippen LogP) is 1.82. The van der Waals surface area contributed by atoms with Crippen LogP contribution in [0, 0.1) is 0 Å². The maximum absolute atomic E-state index is 12.6. The zero-order chi connectivity index (χ0) is 22.7. The molecule has 2 aromatic heterocycles. The van der Waals surface area contributed by atoms with Gasteiger partial charge in [-0.1, -0.05) is 42.5 Å². The molecule has 9 heteroatoms. The van der Waals surface area contributed by atoms with Crippen LogP contribution in [0.5, 0.6) is 5.75 Å². The number of hydrogen-bond acceptors (Lipinski definition) is 6. The molecule has 4 aromatic rings. The van der Waals surface area contributed by atoms with E-state index in [-0.39, 0.29) is 75.0 Å². The molecule has 162 valence electrons. The van der Waals surface area contributed by atoms with E-state index in [0.717, 1.165) is 10.9 Å². The first-order valence-electron chi connectivity index (χ1n) is 9.84. The van der Waals surface area contributed by atoms with E-state index in [0.29, 0.717) is 17.0 Å². The summed E-state index contributed by atoms with van der Waals surface area (Å²) in [5, 5.41) is 4.60. The third-order valence-corrected chi connectivity index (χ3v) is 4.76. The predicted molar refractivity (Wildman–Crippen MR) is 119 cm³/mol. The summed E-state index contributed by atoms with van der Waals surface area (Å²) in [6.07, 6.45) is 0. The number of nitrogens with one attached hydrogen (secondary N) is 1. The van der Waals surface area contributed by atoms with E-state index in [4.69, 9.17) is 13.9 Å². The summed E-state index contributed by atoms with van der Waals surface area (Å²) in [5.74, 6) is -0.737. The Morgan fingerprint density at radius 1 is 1.06 bits per heavy atom. The van der Waals surface area contributed by atoms with Crippen LogP contribution in [0.3, 0.4) is 0 Å². The molecular weight excluding hydrogens is 451 g/mol. The van der Waals surface area contributed by atoms with Crippen molar-refractivity contribution in [3.8, 4) is 17.2 Å². The number of aromatic nitrogens is 1. The van der Waals surface area contributed by atoms with Crippen molar-refractivity contribution in [3.63, 3.8) is 0 Å². The van der Waals surface area contributed by atoms with Gasteiger partial charge in [0.15, 0.2) is 5.76 Å². The van der Waals surface area contributed by atoms with Gasteiger partial charge in [-0.15, -0.1) is 0 Å². The maximum Gasteiger partial charge on any atom is 1.00 e. The minimum absolute atomic E-state index is 0. The summed E-state index contributed by atoms with van der Waals surface area (Å²) in [5.41, 5.74) is 0.227. The minimum Gasteiger partial charge on any atom is -0.617 e. The Morgan fingerprint density at radius 3 is 2.52 bits per heavy atom. The summed E-state index contributed by atoms with van der Waals surface area (Å²) in [7, 11) is 1.55. The van der Waals surface area contributed by atoms with E-state index >= 15 is 0 Å². The van der Waals surface area contributed by atoms with Crippen LogP contribution in [0.15, 0.2) is 69.9 Å². The molecule has 1 amide bonds. The largest absolute Gasteiger partial charge is 1.00 e. The molecule has 0 radical (unpaired) electrons. The van der Waals surface area contributed by atoms with Crippen LogP contribution in [0.25, 0.3) is 27.7 Å². The van der Waals surface area contributed by atoms with Gasteiger partial charge in [0, 0.05) is 10.9 Å². The van der Waals surface area contributed by atoms with Gasteiger partial charge < -0.3 is 29.0 Å². The Morgan fingerprint density at radius 2 is 1.82 bits per heavy atom. The number of benzene rings is 2. The normalized spacial score (nSPS) is 10.4. The second-order valence-electron chi connectivity index (χ2n) is 6.77. The molecule has 0 spiro atoms. The van der Waals surface area contributed by atoms with E-state index in [1.807, 2.05) is 6.07 Å². The van der Waals surface area contributed by atoms with Crippen LogP contribution in [-0.4, -0.2) is 30.6 Å². The zero-order valence-electron chi connectivity index (χ0n) is 18.4. The van der Waals surface area contributed by atoms with E-state index in [1.54, 1.807) is 62.6 Å². The van der Waals surface area contributed by atoms with E-state index in [2.05, 4.69) is 10.3 Å². The second-order valence-corrected chi connectivity index (χ2v) is 6.77. The fourth-order valence-electron chi connectivity index (χ4n) is 3.28. The SMILES string of the molecule is CCOC(=O)c1cc([N-]C(=O)c2ccccc2)c(=O)oc1-c1cc2c(OC)cccc2[nH]1.[K+]. The number of esters is 1. The van der Waals surface area contributed by atoms with Gasteiger partial charge in [0.25, 0.3) is 0 Å². The Balaban J connectivity index is 0.00000306. The number of nitrogens with zero attached hydrogens (tertiary/aromatic N) is 1. The van der Waals surface area contributed by atoms with Gasteiger partial charge in [-0.2, -0.15) is 0 Å². The number of fused-ring (bicyclic) bond motifs is 1. The van der Waals surface area contributed by atoms with Gasteiger partial charge in [-0.05, 0) is 36.4 Å². The van der Waals surface area contributed by atoms with Crippen LogP contribution in [0.2, 0.25) is 0 Å². The molecule has 0 saturated carbocycles.